The largest absolute Gasteiger partial charge is 0.359 e. The maximum absolute atomic E-state index is 4.02. The van der Waals surface area contributed by atoms with Crippen LogP contribution in [-0.4, -0.2) is 20.2 Å². The third-order valence-electron chi connectivity index (χ3n) is 1.32. The zero-order valence-electron chi connectivity index (χ0n) is 5.73. The molecule has 0 aliphatic rings. The Kier molecular flexibility index (Phi) is 1.37. The number of aromatic nitrogens is 4. The van der Waals surface area contributed by atoms with Crippen LogP contribution < -0.4 is 0 Å². The molecule has 0 bridgehead atoms. The molecular formula is C7H6N4. The second-order valence-electron chi connectivity index (χ2n) is 2.05. The highest BCUT2D eigenvalue weighted by molar-refractivity contribution is 5.47. The summed E-state index contributed by atoms with van der Waals surface area (Å²) in [5.41, 5.74) is 0.887. The molecule has 0 aromatic carbocycles. The molecule has 4 nitrogen and oxygen atoms in total. The topological polar surface area (TPSA) is 54.5 Å². The highest BCUT2D eigenvalue weighted by Gasteiger charge is 1.97. The Balaban J connectivity index is 2.46. The van der Waals surface area contributed by atoms with Gasteiger partial charge in [0.05, 0.1) is 11.9 Å². The molecule has 0 unspecified atom stereocenters. The Morgan fingerprint density at radius 2 is 2.27 bits per heavy atom. The van der Waals surface area contributed by atoms with Gasteiger partial charge in [0.1, 0.15) is 0 Å². The first-order valence-electron chi connectivity index (χ1n) is 3.24. The molecule has 2 heterocycles. The van der Waals surface area contributed by atoms with Crippen molar-refractivity contribution in [3.63, 3.8) is 0 Å². The fourth-order valence-corrected chi connectivity index (χ4v) is 0.840. The second kappa shape index (κ2) is 2.49. The zero-order valence-corrected chi connectivity index (χ0v) is 5.73. The Hall–Kier alpha value is -1.71. The summed E-state index contributed by atoms with van der Waals surface area (Å²) >= 11 is 0. The van der Waals surface area contributed by atoms with Crippen molar-refractivity contribution in [2.45, 2.75) is 0 Å². The van der Waals surface area contributed by atoms with Crippen molar-refractivity contribution in [2.24, 2.45) is 0 Å². The fourth-order valence-electron chi connectivity index (χ4n) is 0.840. The van der Waals surface area contributed by atoms with E-state index >= 15 is 0 Å². The summed E-state index contributed by atoms with van der Waals surface area (Å²) in [5, 5.41) is 7.54. The fraction of sp³-hybridized carbons (Fsp3) is 0. The molecule has 0 atom stereocenters. The van der Waals surface area contributed by atoms with E-state index in [2.05, 4.69) is 20.2 Å². The number of H-pyrrole nitrogens is 1. The van der Waals surface area contributed by atoms with E-state index in [1.807, 2.05) is 18.3 Å². The first-order valence-corrected chi connectivity index (χ1v) is 3.24. The van der Waals surface area contributed by atoms with E-state index in [1.165, 1.54) is 0 Å². The molecule has 54 valence electrons. The van der Waals surface area contributed by atoms with Crippen molar-refractivity contribution >= 4 is 0 Å². The average Bonchev–Trinajstić information content (AvgIpc) is 2.58. The van der Waals surface area contributed by atoms with E-state index in [1.54, 1.807) is 12.4 Å². The molecule has 0 aliphatic heterocycles. The number of hydrogen-bond donors (Lipinski definition) is 1. The van der Waals surface area contributed by atoms with E-state index < -0.39 is 0 Å². The van der Waals surface area contributed by atoms with Gasteiger partial charge >= 0.3 is 0 Å². The van der Waals surface area contributed by atoms with Gasteiger partial charge in [0.2, 0.25) is 0 Å². The van der Waals surface area contributed by atoms with Crippen LogP contribution in [0, 0.1) is 0 Å². The van der Waals surface area contributed by atoms with Crippen LogP contribution in [0.25, 0.3) is 11.5 Å². The van der Waals surface area contributed by atoms with Crippen LogP contribution in [0.5, 0.6) is 0 Å². The quantitative estimate of drug-likeness (QED) is 0.649. The summed E-state index contributed by atoms with van der Waals surface area (Å²) < 4.78 is 0. The summed E-state index contributed by atoms with van der Waals surface area (Å²) in [6, 6.07) is 3.79. The molecule has 2 rings (SSSR count). The van der Waals surface area contributed by atoms with Gasteiger partial charge in [-0.2, -0.15) is 5.10 Å². The molecule has 1 N–H and O–H groups in total. The van der Waals surface area contributed by atoms with Gasteiger partial charge in [0.25, 0.3) is 0 Å². The highest BCUT2D eigenvalue weighted by Crippen LogP contribution is 2.07. The van der Waals surface area contributed by atoms with E-state index in [-0.39, 0.29) is 0 Å². The third-order valence-corrected chi connectivity index (χ3v) is 1.32. The minimum Gasteiger partial charge on any atom is -0.359 e. The lowest BCUT2D eigenvalue weighted by Gasteiger charge is -1.90. The van der Waals surface area contributed by atoms with Crippen molar-refractivity contribution in [1.82, 2.24) is 20.2 Å². The third kappa shape index (κ3) is 1.10. The Bertz CT molecular complexity index is 313. The van der Waals surface area contributed by atoms with E-state index in [0.717, 1.165) is 5.69 Å². The van der Waals surface area contributed by atoms with Crippen LogP contribution in [0.4, 0.5) is 0 Å². The Morgan fingerprint density at radius 1 is 1.27 bits per heavy atom. The summed E-state index contributed by atoms with van der Waals surface area (Å²) in [4.78, 5) is 7.00. The van der Waals surface area contributed by atoms with Crippen molar-refractivity contribution in [1.29, 1.82) is 0 Å². The van der Waals surface area contributed by atoms with Crippen LogP contribution in [0.2, 0.25) is 0 Å². The molecule has 4 heteroatoms. The van der Waals surface area contributed by atoms with Gasteiger partial charge in [0.15, 0.2) is 5.82 Å². The van der Waals surface area contributed by atoms with Crippen molar-refractivity contribution in [3.05, 3.63) is 30.7 Å². The molecule has 0 amide bonds. The molecule has 11 heavy (non-hydrogen) atoms. The van der Waals surface area contributed by atoms with Gasteiger partial charge in [-0.25, -0.2) is 4.98 Å². The van der Waals surface area contributed by atoms with Gasteiger partial charge in [0, 0.05) is 12.4 Å². The van der Waals surface area contributed by atoms with Crippen LogP contribution in [0.3, 0.4) is 0 Å². The summed E-state index contributed by atoms with van der Waals surface area (Å²) in [5.74, 6) is 0.623. The molecular weight excluding hydrogens is 140 g/mol. The maximum Gasteiger partial charge on any atom is 0.198 e. The predicted molar refractivity (Wildman–Crippen MR) is 39.6 cm³/mol. The normalized spacial score (nSPS) is 9.82. The zero-order chi connectivity index (χ0) is 7.52. The van der Waals surface area contributed by atoms with Crippen LogP contribution in [0.1, 0.15) is 0 Å². The summed E-state index contributed by atoms with van der Waals surface area (Å²) in [6.07, 6.45) is 4.99. The van der Waals surface area contributed by atoms with Gasteiger partial charge in [-0.15, -0.1) is 5.10 Å². The van der Waals surface area contributed by atoms with Crippen molar-refractivity contribution < 1.29 is 0 Å². The lowest BCUT2D eigenvalue weighted by atomic mass is 10.4. The number of rotatable bonds is 1. The lowest BCUT2D eigenvalue weighted by Crippen LogP contribution is -1.89. The van der Waals surface area contributed by atoms with Gasteiger partial charge in [-0.05, 0) is 12.1 Å². The SMILES string of the molecule is c1c[nH]c(-c2nccnn2)c1. The number of aromatic amines is 1. The first kappa shape index (κ1) is 6.03. The molecule has 0 radical (unpaired) electrons. The number of nitrogens with zero attached hydrogens (tertiary/aromatic N) is 3. The monoisotopic (exact) mass is 146 g/mol. The second-order valence-corrected chi connectivity index (χ2v) is 2.05. The van der Waals surface area contributed by atoms with Crippen LogP contribution in [-0.2, 0) is 0 Å². The molecule has 0 fully saturated rings. The summed E-state index contributed by atoms with van der Waals surface area (Å²) in [6.45, 7) is 0. The van der Waals surface area contributed by atoms with E-state index in [0.29, 0.717) is 5.82 Å². The van der Waals surface area contributed by atoms with Crippen molar-refractivity contribution in [3.8, 4) is 11.5 Å². The van der Waals surface area contributed by atoms with Gasteiger partial charge in [-0.3, -0.25) is 0 Å². The van der Waals surface area contributed by atoms with Gasteiger partial charge < -0.3 is 4.98 Å². The van der Waals surface area contributed by atoms with Crippen molar-refractivity contribution in [2.75, 3.05) is 0 Å². The molecule has 0 aliphatic carbocycles. The Morgan fingerprint density at radius 3 is 2.91 bits per heavy atom. The van der Waals surface area contributed by atoms with Gasteiger partial charge in [-0.1, -0.05) is 0 Å². The van der Waals surface area contributed by atoms with Crippen LogP contribution >= 0.6 is 0 Å². The standard InChI is InChI=1S/C7H6N4/c1-2-6(8-3-1)7-9-4-5-10-11-7/h1-5,8H. The smallest absolute Gasteiger partial charge is 0.198 e. The predicted octanol–water partition coefficient (Wildman–Crippen LogP) is 0.867. The first-order chi connectivity index (χ1) is 5.47. The number of nitrogens with one attached hydrogen (secondary N) is 1. The molecule has 2 aromatic heterocycles. The average molecular weight is 146 g/mol. The summed E-state index contributed by atoms with van der Waals surface area (Å²) in [7, 11) is 0. The molecule has 0 saturated carbocycles. The van der Waals surface area contributed by atoms with E-state index in [4.69, 9.17) is 0 Å². The lowest BCUT2D eigenvalue weighted by molar-refractivity contribution is 0.973. The van der Waals surface area contributed by atoms with Crippen LogP contribution in [0.15, 0.2) is 30.7 Å². The Labute approximate surface area is 63.3 Å². The highest BCUT2D eigenvalue weighted by atomic mass is 15.1. The maximum atomic E-state index is 4.02. The minimum atomic E-state index is 0.623. The molecule has 2 aromatic rings. The minimum absolute atomic E-state index is 0.623. The van der Waals surface area contributed by atoms with E-state index in [9.17, 15) is 0 Å². The molecule has 0 spiro atoms. The number of hydrogen-bond acceptors (Lipinski definition) is 3. The molecule has 0 saturated heterocycles.